The van der Waals surface area contributed by atoms with Gasteiger partial charge < -0.3 is 4.74 Å². The maximum Gasteiger partial charge on any atom is 0.238 e. The molecule has 158 valence electrons. The zero-order valence-corrected chi connectivity index (χ0v) is 18.2. The van der Waals surface area contributed by atoms with Crippen molar-refractivity contribution in [3.63, 3.8) is 0 Å². The fourth-order valence-electron chi connectivity index (χ4n) is 3.43. The molecule has 0 aromatic heterocycles. The van der Waals surface area contributed by atoms with Crippen LogP contribution in [0.1, 0.15) is 37.3 Å². The third-order valence-corrected chi connectivity index (χ3v) is 6.09. The van der Waals surface area contributed by atoms with Gasteiger partial charge >= 0.3 is 0 Å². The number of rotatable bonds is 10. The average molecular weight is 424 g/mol. The van der Waals surface area contributed by atoms with Crippen molar-refractivity contribution in [2.45, 2.75) is 43.9 Å². The lowest BCUT2D eigenvalue weighted by atomic mass is 10.0. The number of primary sulfonamides is 1. The van der Waals surface area contributed by atoms with Gasteiger partial charge in [0.25, 0.3) is 0 Å². The van der Waals surface area contributed by atoms with Gasteiger partial charge in [0.05, 0.1) is 11.5 Å². The van der Waals surface area contributed by atoms with Gasteiger partial charge in [-0.25, -0.2) is 13.6 Å². The summed E-state index contributed by atoms with van der Waals surface area (Å²) in [4.78, 5) is 0.185. The minimum absolute atomic E-state index is 0.185. The third kappa shape index (κ3) is 6.18. The highest BCUT2D eigenvalue weighted by atomic mass is 32.2. The zero-order chi connectivity index (χ0) is 21.4. The summed E-state index contributed by atoms with van der Waals surface area (Å²) < 4.78 is 29.7. The Morgan fingerprint density at radius 3 is 2.20 bits per heavy atom. The lowest BCUT2D eigenvalue weighted by molar-refractivity contribution is 0.309. The predicted octanol–water partition coefficient (Wildman–Crippen LogP) is 5.36. The van der Waals surface area contributed by atoms with Crippen LogP contribution in [0, 0.1) is 0 Å². The monoisotopic (exact) mass is 423 g/mol. The average Bonchev–Trinajstić information content (AvgIpc) is 2.74. The van der Waals surface area contributed by atoms with Gasteiger partial charge in [-0.3, -0.25) is 0 Å². The minimum Gasteiger partial charge on any atom is -0.494 e. The highest BCUT2D eigenvalue weighted by Gasteiger charge is 2.15. The first-order chi connectivity index (χ1) is 14.5. The minimum atomic E-state index is -3.76. The van der Waals surface area contributed by atoms with E-state index in [1.807, 2.05) is 24.3 Å². The summed E-state index contributed by atoms with van der Waals surface area (Å²) in [6.45, 7) is 2.73. The van der Waals surface area contributed by atoms with E-state index in [9.17, 15) is 8.42 Å². The molecule has 0 saturated heterocycles. The van der Waals surface area contributed by atoms with Crippen LogP contribution in [0.5, 0.6) is 5.75 Å². The summed E-state index contributed by atoms with van der Waals surface area (Å²) in [5, 5.41) is 5.42. The lowest BCUT2D eigenvalue weighted by Gasteiger charge is -2.12. The fraction of sp³-hybridized carbons (Fsp3) is 0.280. The van der Waals surface area contributed by atoms with Crippen LogP contribution < -0.4 is 9.88 Å². The van der Waals surface area contributed by atoms with Crippen molar-refractivity contribution < 1.29 is 13.2 Å². The Morgan fingerprint density at radius 1 is 0.833 bits per heavy atom. The number of hydrogen-bond acceptors (Lipinski definition) is 3. The first-order valence-corrected chi connectivity index (χ1v) is 11.9. The van der Waals surface area contributed by atoms with Crippen LogP contribution >= 0.6 is 0 Å². The maximum absolute atomic E-state index is 12.0. The van der Waals surface area contributed by atoms with Crippen molar-refractivity contribution in [1.29, 1.82) is 0 Å². The van der Waals surface area contributed by atoms with E-state index in [1.54, 1.807) is 12.1 Å². The van der Waals surface area contributed by atoms with Crippen LogP contribution in [0.15, 0.2) is 77.7 Å². The molecular formula is C25H29NO3S. The normalized spacial score (nSPS) is 11.4. The third-order valence-electron chi connectivity index (χ3n) is 5.08. The van der Waals surface area contributed by atoms with Gasteiger partial charge in [-0.2, -0.15) is 0 Å². The van der Waals surface area contributed by atoms with Gasteiger partial charge in [0.2, 0.25) is 10.0 Å². The van der Waals surface area contributed by atoms with Crippen LogP contribution in [0.4, 0.5) is 0 Å². The highest BCUT2D eigenvalue weighted by molar-refractivity contribution is 7.89. The first-order valence-electron chi connectivity index (χ1n) is 10.4. The molecule has 0 unspecified atom stereocenters. The Morgan fingerprint density at radius 2 is 1.53 bits per heavy atom. The van der Waals surface area contributed by atoms with Gasteiger partial charge in [0.15, 0.2) is 0 Å². The number of unbranched alkanes of at least 4 members (excludes halogenated alkanes) is 1. The molecule has 0 bridgehead atoms. The molecular weight excluding hydrogens is 394 g/mol. The second-order valence-corrected chi connectivity index (χ2v) is 8.96. The quantitative estimate of drug-likeness (QED) is 0.447. The maximum atomic E-state index is 12.0. The van der Waals surface area contributed by atoms with E-state index in [0.29, 0.717) is 24.3 Å². The van der Waals surface area contributed by atoms with Crippen LogP contribution in [0.2, 0.25) is 0 Å². The summed E-state index contributed by atoms with van der Waals surface area (Å²) in [5.41, 5.74) is 4.32. The molecule has 3 rings (SSSR count). The van der Waals surface area contributed by atoms with Crippen molar-refractivity contribution in [2.75, 3.05) is 6.61 Å². The molecule has 3 aromatic rings. The Hall–Kier alpha value is -2.63. The number of ether oxygens (including phenoxy) is 1. The zero-order valence-electron chi connectivity index (χ0n) is 17.4. The molecule has 5 heteroatoms. The van der Waals surface area contributed by atoms with E-state index in [-0.39, 0.29) is 4.90 Å². The van der Waals surface area contributed by atoms with Crippen LogP contribution in [0.3, 0.4) is 0 Å². The molecule has 0 aliphatic carbocycles. The molecule has 0 heterocycles. The molecule has 0 saturated carbocycles. The van der Waals surface area contributed by atoms with Crippen LogP contribution in [-0.2, 0) is 22.9 Å². The summed E-state index contributed by atoms with van der Waals surface area (Å²) in [5.74, 6) is 0.693. The van der Waals surface area contributed by atoms with E-state index >= 15 is 0 Å². The van der Waals surface area contributed by atoms with Gasteiger partial charge in [-0.05, 0) is 66.1 Å². The van der Waals surface area contributed by atoms with Gasteiger partial charge in [-0.1, -0.05) is 67.9 Å². The lowest BCUT2D eigenvalue weighted by Crippen LogP contribution is -2.15. The first kappa shape index (κ1) is 22.1. The van der Waals surface area contributed by atoms with Gasteiger partial charge in [0, 0.05) is 0 Å². The number of sulfonamides is 1. The van der Waals surface area contributed by atoms with Crippen molar-refractivity contribution in [3.8, 4) is 16.9 Å². The predicted molar refractivity (Wildman–Crippen MR) is 122 cm³/mol. The van der Waals surface area contributed by atoms with E-state index in [2.05, 4.69) is 43.3 Å². The second-order valence-electron chi connectivity index (χ2n) is 7.43. The molecule has 0 fully saturated rings. The summed E-state index contributed by atoms with van der Waals surface area (Å²) >= 11 is 0. The molecule has 4 nitrogen and oxygen atoms in total. The fourth-order valence-corrected chi connectivity index (χ4v) is 4.21. The molecule has 0 amide bonds. The van der Waals surface area contributed by atoms with Crippen molar-refractivity contribution in [1.82, 2.24) is 0 Å². The molecule has 3 aromatic carbocycles. The summed E-state index contributed by atoms with van der Waals surface area (Å²) in [6, 6.07) is 23.8. The number of nitrogens with two attached hydrogens (primary N) is 1. The van der Waals surface area contributed by atoms with Gasteiger partial charge in [0.1, 0.15) is 5.75 Å². The van der Waals surface area contributed by atoms with Crippen LogP contribution in [0.25, 0.3) is 11.1 Å². The number of benzene rings is 3. The highest BCUT2D eigenvalue weighted by Crippen LogP contribution is 2.24. The molecule has 0 atom stereocenters. The summed E-state index contributed by atoms with van der Waals surface area (Å²) in [6.07, 6.45) is 4.32. The van der Waals surface area contributed by atoms with Crippen molar-refractivity contribution in [3.05, 3.63) is 83.9 Å². The Balaban J connectivity index is 1.66. The number of aryl methyl sites for hydroxylation is 2. The second kappa shape index (κ2) is 10.4. The van der Waals surface area contributed by atoms with Gasteiger partial charge in [-0.15, -0.1) is 0 Å². The van der Waals surface area contributed by atoms with Crippen molar-refractivity contribution in [2.24, 2.45) is 5.14 Å². The van der Waals surface area contributed by atoms with Crippen LogP contribution in [-0.4, -0.2) is 15.0 Å². The Bertz CT molecular complexity index is 1050. The molecule has 2 N–H and O–H groups in total. The topological polar surface area (TPSA) is 69.4 Å². The molecule has 0 spiro atoms. The molecule has 0 aliphatic heterocycles. The molecule has 0 radical (unpaired) electrons. The standard InChI is InChI=1S/C25H29NO3S/c1-2-3-18-29-24-16-17-25(30(26,27)28)23(19-24)11-7-8-20-12-14-22(15-13-20)21-9-5-4-6-10-21/h4-6,9-10,12-17,19H,2-3,7-8,11,18H2,1H3,(H2,26,27,28). The van der Waals surface area contributed by atoms with E-state index in [4.69, 9.17) is 9.88 Å². The Labute approximate surface area is 179 Å². The largest absolute Gasteiger partial charge is 0.494 e. The van der Waals surface area contributed by atoms with Crippen molar-refractivity contribution >= 4 is 10.0 Å². The molecule has 0 aliphatic rings. The summed E-state index contributed by atoms with van der Waals surface area (Å²) in [7, 11) is -3.76. The smallest absolute Gasteiger partial charge is 0.238 e. The number of hydrogen-bond donors (Lipinski definition) is 1. The van der Waals surface area contributed by atoms with E-state index in [0.717, 1.165) is 25.7 Å². The Kier molecular flexibility index (Phi) is 7.66. The molecule has 30 heavy (non-hydrogen) atoms. The SMILES string of the molecule is CCCCOc1ccc(S(N)(=O)=O)c(CCCc2ccc(-c3ccccc3)cc2)c1. The van der Waals surface area contributed by atoms with E-state index in [1.165, 1.54) is 16.7 Å². The van der Waals surface area contributed by atoms with E-state index < -0.39 is 10.0 Å².